The lowest BCUT2D eigenvalue weighted by atomic mass is 10.1. The van der Waals surface area contributed by atoms with Gasteiger partial charge in [0, 0.05) is 11.9 Å². The Balaban J connectivity index is 1.89. The van der Waals surface area contributed by atoms with E-state index in [4.69, 9.17) is 0 Å². The number of anilines is 1. The molecule has 0 aliphatic carbocycles. The van der Waals surface area contributed by atoms with Crippen molar-refractivity contribution in [2.75, 3.05) is 11.9 Å². The van der Waals surface area contributed by atoms with Crippen LogP contribution in [-0.4, -0.2) is 18.2 Å². The van der Waals surface area contributed by atoms with Gasteiger partial charge in [0.1, 0.15) is 0 Å². The summed E-state index contributed by atoms with van der Waals surface area (Å²) in [6.07, 6.45) is 0.780. The van der Waals surface area contributed by atoms with E-state index in [-0.39, 0.29) is 11.2 Å². The summed E-state index contributed by atoms with van der Waals surface area (Å²) in [6.45, 7) is 2.09. The maximum absolute atomic E-state index is 12.5. The first kappa shape index (κ1) is 13.3. The fraction of sp³-hybridized carbons (Fsp3) is 0.235. The fourth-order valence-electron chi connectivity index (χ4n) is 2.49. The number of benzene rings is 2. The number of nitrogens with zero attached hydrogens (tertiary/aromatic N) is 1. The zero-order valence-electron chi connectivity index (χ0n) is 11.7. The molecule has 1 heterocycles. The Morgan fingerprint density at radius 1 is 1.15 bits per heavy atom. The molecule has 2 nitrogen and oxygen atoms in total. The second-order valence-electron chi connectivity index (χ2n) is 5.16. The summed E-state index contributed by atoms with van der Waals surface area (Å²) in [5.74, 6) is 0.190. The molecule has 0 aromatic heterocycles. The van der Waals surface area contributed by atoms with Crippen molar-refractivity contribution >= 4 is 23.4 Å². The van der Waals surface area contributed by atoms with Crippen LogP contribution >= 0.6 is 11.8 Å². The molecular formula is C17H17NOS. The van der Waals surface area contributed by atoms with E-state index in [1.807, 2.05) is 31.3 Å². The van der Waals surface area contributed by atoms with E-state index in [1.54, 1.807) is 16.7 Å². The molecule has 2 aromatic rings. The van der Waals surface area contributed by atoms with Crippen LogP contribution in [-0.2, 0) is 11.2 Å². The van der Waals surface area contributed by atoms with E-state index in [2.05, 4.69) is 31.2 Å². The number of thioether (sulfide) groups is 1. The highest BCUT2D eigenvalue weighted by Gasteiger charge is 2.31. The van der Waals surface area contributed by atoms with Crippen LogP contribution in [0.3, 0.4) is 0 Å². The van der Waals surface area contributed by atoms with Gasteiger partial charge in [-0.15, -0.1) is 11.8 Å². The standard InChI is InChI=1S/C17H17NOS/c1-12-8-9-14-15(10-12)20-16(17(19)18(14)2)11-13-6-4-3-5-7-13/h3-10,16H,11H2,1-2H3. The third-order valence-electron chi connectivity index (χ3n) is 3.62. The number of hydrogen-bond acceptors (Lipinski definition) is 2. The molecule has 1 aliphatic heterocycles. The predicted molar refractivity (Wildman–Crippen MR) is 84.4 cm³/mol. The van der Waals surface area contributed by atoms with Crippen LogP contribution in [0.4, 0.5) is 5.69 Å². The molecule has 3 rings (SSSR count). The van der Waals surface area contributed by atoms with Crippen molar-refractivity contribution in [3.8, 4) is 0 Å². The number of fused-ring (bicyclic) bond motifs is 1. The summed E-state index contributed by atoms with van der Waals surface area (Å²) in [4.78, 5) is 15.5. The van der Waals surface area contributed by atoms with Gasteiger partial charge in [-0.05, 0) is 36.6 Å². The molecule has 0 spiro atoms. The Bertz CT molecular complexity index is 639. The molecule has 0 saturated heterocycles. The molecule has 102 valence electrons. The highest BCUT2D eigenvalue weighted by molar-refractivity contribution is 8.01. The summed E-state index contributed by atoms with van der Waals surface area (Å²) in [5.41, 5.74) is 3.47. The smallest absolute Gasteiger partial charge is 0.240 e. The fourth-order valence-corrected chi connectivity index (χ4v) is 3.91. The van der Waals surface area contributed by atoms with Crippen LogP contribution < -0.4 is 4.90 Å². The summed E-state index contributed by atoms with van der Waals surface area (Å²) >= 11 is 1.69. The van der Waals surface area contributed by atoms with Gasteiger partial charge in [0.25, 0.3) is 0 Å². The van der Waals surface area contributed by atoms with Gasteiger partial charge in [-0.2, -0.15) is 0 Å². The minimum Gasteiger partial charge on any atom is -0.313 e. The quantitative estimate of drug-likeness (QED) is 0.838. The van der Waals surface area contributed by atoms with Crippen LogP contribution in [0.25, 0.3) is 0 Å². The first-order valence-electron chi connectivity index (χ1n) is 6.74. The molecule has 1 aliphatic rings. The van der Waals surface area contributed by atoms with Crippen molar-refractivity contribution in [1.29, 1.82) is 0 Å². The van der Waals surface area contributed by atoms with Gasteiger partial charge in [-0.3, -0.25) is 4.79 Å². The molecule has 2 aromatic carbocycles. The first-order valence-corrected chi connectivity index (χ1v) is 7.62. The predicted octanol–water partition coefficient (Wildman–Crippen LogP) is 3.67. The monoisotopic (exact) mass is 283 g/mol. The number of hydrogen-bond donors (Lipinski definition) is 0. The van der Waals surface area contributed by atoms with Crippen molar-refractivity contribution in [3.63, 3.8) is 0 Å². The average molecular weight is 283 g/mol. The molecule has 1 atom stereocenters. The highest BCUT2D eigenvalue weighted by atomic mass is 32.2. The molecule has 0 fully saturated rings. The third-order valence-corrected chi connectivity index (χ3v) is 4.85. The lowest BCUT2D eigenvalue weighted by Crippen LogP contribution is -2.39. The maximum Gasteiger partial charge on any atom is 0.240 e. The number of aryl methyl sites for hydroxylation is 1. The first-order chi connectivity index (χ1) is 9.65. The summed E-state index contributed by atoms with van der Waals surface area (Å²) in [5, 5.41) is -0.0308. The Labute approximate surface area is 123 Å². The number of carbonyl (C=O) groups is 1. The Hall–Kier alpha value is -1.74. The number of amides is 1. The maximum atomic E-state index is 12.5. The molecule has 0 saturated carbocycles. The van der Waals surface area contributed by atoms with Crippen molar-refractivity contribution in [1.82, 2.24) is 0 Å². The Morgan fingerprint density at radius 3 is 2.65 bits per heavy atom. The van der Waals surface area contributed by atoms with E-state index >= 15 is 0 Å². The van der Waals surface area contributed by atoms with Crippen LogP contribution in [0.5, 0.6) is 0 Å². The lowest BCUT2D eigenvalue weighted by molar-refractivity contribution is -0.117. The second-order valence-corrected chi connectivity index (χ2v) is 6.41. The molecule has 20 heavy (non-hydrogen) atoms. The molecule has 0 N–H and O–H groups in total. The van der Waals surface area contributed by atoms with Crippen LogP contribution in [0.1, 0.15) is 11.1 Å². The molecule has 0 radical (unpaired) electrons. The van der Waals surface area contributed by atoms with E-state index in [1.165, 1.54) is 16.0 Å². The molecule has 3 heteroatoms. The van der Waals surface area contributed by atoms with Crippen molar-refractivity contribution in [3.05, 3.63) is 59.7 Å². The van der Waals surface area contributed by atoms with Crippen molar-refractivity contribution < 1.29 is 4.79 Å². The summed E-state index contributed by atoms with van der Waals surface area (Å²) in [7, 11) is 1.87. The van der Waals surface area contributed by atoms with E-state index in [0.717, 1.165) is 12.1 Å². The lowest BCUT2D eigenvalue weighted by Gasteiger charge is -2.31. The topological polar surface area (TPSA) is 20.3 Å². The Morgan fingerprint density at radius 2 is 1.90 bits per heavy atom. The van der Waals surface area contributed by atoms with Gasteiger partial charge in [0.05, 0.1) is 10.9 Å². The zero-order chi connectivity index (χ0) is 14.1. The van der Waals surface area contributed by atoms with Gasteiger partial charge >= 0.3 is 0 Å². The van der Waals surface area contributed by atoms with E-state index < -0.39 is 0 Å². The minimum atomic E-state index is -0.0308. The average Bonchev–Trinajstić information content (AvgIpc) is 2.45. The van der Waals surface area contributed by atoms with Crippen LogP contribution in [0.2, 0.25) is 0 Å². The number of carbonyl (C=O) groups excluding carboxylic acids is 1. The summed E-state index contributed by atoms with van der Waals surface area (Å²) < 4.78 is 0. The van der Waals surface area contributed by atoms with Gasteiger partial charge in [0.2, 0.25) is 5.91 Å². The van der Waals surface area contributed by atoms with Gasteiger partial charge in [-0.1, -0.05) is 36.4 Å². The SMILES string of the molecule is Cc1ccc2c(c1)SC(Cc1ccccc1)C(=O)N2C. The van der Waals surface area contributed by atoms with E-state index in [0.29, 0.717) is 0 Å². The molecular weight excluding hydrogens is 266 g/mol. The molecule has 1 unspecified atom stereocenters. The second kappa shape index (κ2) is 5.33. The normalized spacial score (nSPS) is 18.0. The van der Waals surface area contributed by atoms with Gasteiger partial charge in [0.15, 0.2) is 0 Å². The molecule has 1 amide bonds. The van der Waals surface area contributed by atoms with Crippen LogP contribution in [0.15, 0.2) is 53.4 Å². The van der Waals surface area contributed by atoms with Gasteiger partial charge in [-0.25, -0.2) is 0 Å². The van der Waals surface area contributed by atoms with Crippen LogP contribution in [0, 0.1) is 6.92 Å². The third kappa shape index (κ3) is 2.46. The molecule has 0 bridgehead atoms. The van der Waals surface area contributed by atoms with Crippen molar-refractivity contribution in [2.45, 2.75) is 23.5 Å². The summed E-state index contributed by atoms with van der Waals surface area (Å²) in [6, 6.07) is 16.5. The zero-order valence-corrected chi connectivity index (χ0v) is 12.5. The van der Waals surface area contributed by atoms with Crippen molar-refractivity contribution in [2.24, 2.45) is 0 Å². The largest absolute Gasteiger partial charge is 0.313 e. The number of rotatable bonds is 2. The minimum absolute atomic E-state index is 0.0308. The highest BCUT2D eigenvalue weighted by Crippen LogP contribution is 2.40. The van der Waals surface area contributed by atoms with E-state index in [9.17, 15) is 4.79 Å². The van der Waals surface area contributed by atoms with Gasteiger partial charge < -0.3 is 4.90 Å². The Kier molecular flexibility index (Phi) is 3.53.